The molecule has 89 heavy (non-hydrogen) atoms. The van der Waals surface area contributed by atoms with Crippen molar-refractivity contribution in [2.75, 3.05) is 39.6 Å². The highest BCUT2D eigenvalue weighted by Crippen LogP contribution is 2.45. The predicted octanol–water partition coefficient (Wildman–Crippen LogP) is 19.7. The van der Waals surface area contributed by atoms with Gasteiger partial charge in [0.05, 0.1) is 26.4 Å². The molecule has 7 atom stereocenters. The van der Waals surface area contributed by atoms with E-state index in [4.69, 9.17) is 37.0 Å². The fourth-order valence-corrected chi connectivity index (χ4v) is 12.0. The van der Waals surface area contributed by atoms with E-state index in [2.05, 4.69) is 55.4 Å². The van der Waals surface area contributed by atoms with E-state index >= 15 is 0 Å². The van der Waals surface area contributed by atoms with Crippen LogP contribution in [0, 0.1) is 23.7 Å². The number of esters is 4. The van der Waals surface area contributed by atoms with Gasteiger partial charge in [0.25, 0.3) is 0 Å². The minimum Gasteiger partial charge on any atom is -0.462 e. The zero-order valence-corrected chi connectivity index (χ0v) is 59.8. The van der Waals surface area contributed by atoms with E-state index in [1.807, 2.05) is 0 Å². The van der Waals surface area contributed by atoms with Gasteiger partial charge in [-0.05, 0) is 49.4 Å². The SMILES string of the molecule is CCC(C)CCCCCCCCCCC(=O)O[C@H](COC(=O)CCCCCCCCC(C)CC)COP(=O)(O)OCC(O)COP(=O)(O)OC[C@@H](COC(=O)CCCCCCCCC(C)C)OC(=O)CCCCCCCCCCCCCCCCCC(C)C. The van der Waals surface area contributed by atoms with Crippen LogP contribution in [0.4, 0.5) is 0 Å². The number of carbonyl (C=O) groups excluding carboxylic acids is 4. The van der Waals surface area contributed by atoms with Crippen LogP contribution in [-0.2, 0) is 65.4 Å². The summed E-state index contributed by atoms with van der Waals surface area (Å²) in [5.41, 5.74) is 0. The number of phosphoric acid groups is 2. The third-order valence-electron chi connectivity index (χ3n) is 16.8. The lowest BCUT2D eigenvalue weighted by Gasteiger charge is -2.21. The molecule has 0 spiro atoms. The first-order valence-electron chi connectivity index (χ1n) is 36.3. The molecule has 0 aliphatic carbocycles. The quantitative estimate of drug-likeness (QED) is 0.0222. The standard InChI is InChI=1S/C70H136O17P2/c1-9-62(7)48-40-32-23-20-21-25-37-45-53-70(75)87-66(57-81-68(73)51-43-35-29-27-33-41-49-63(8)10-2)59-85-89(78,79)83-55-64(71)54-82-88(76,77)84-58-65(56-80-67(72)50-42-34-28-26-31-39-47-61(5)6)86-69(74)52-44-36-24-19-17-15-13-11-12-14-16-18-22-30-38-46-60(3)4/h60-66,71H,9-59H2,1-8H3,(H,76,77)(H,78,79)/t62?,63?,64?,65-,66-/m1/s1. The van der Waals surface area contributed by atoms with Crippen LogP contribution in [0.3, 0.4) is 0 Å². The number of aliphatic hydroxyl groups excluding tert-OH is 1. The molecule has 0 aromatic rings. The van der Waals surface area contributed by atoms with E-state index in [0.717, 1.165) is 120 Å². The summed E-state index contributed by atoms with van der Waals surface area (Å²) in [6.07, 6.45) is 41.9. The number of unbranched alkanes of at least 4 members (excludes halogenated alkanes) is 31. The molecule has 528 valence electrons. The average molecular weight is 1310 g/mol. The molecule has 19 heteroatoms. The van der Waals surface area contributed by atoms with E-state index in [1.165, 1.54) is 135 Å². The average Bonchev–Trinajstić information content (AvgIpc) is 3.66. The molecule has 0 aliphatic heterocycles. The summed E-state index contributed by atoms with van der Waals surface area (Å²) in [5.74, 6) is 0.849. The summed E-state index contributed by atoms with van der Waals surface area (Å²) in [6.45, 7) is 14.0. The summed E-state index contributed by atoms with van der Waals surface area (Å²) in [4.78, 5) is 72.5. The molecule has 0 fully saturated rings. The van der Waals surface area contributed by atoms with Crippen LogP contribution in [0.5, 0.6) is 0 Å². The van der Waals surface area contributed by atoms with Crippen molar-refractivity contribution in [1.29, 1.82) is 0 Å². The molecule has 0 bridgehead atoms. The summed E-state index contributed by atoms with van der Waals surface area (Å²) in [6, 6.07) is 0. The third-order valence-corrected chi connectivity index (χ3v) is 18.7. The van der Waals surface area contributed by atoms with Gasteiger partial charge in [-0.1, -0.05) is 293 Å². The molecule has 3 N–H and O–H groups in total. The Morgan fingerprint density at radius 2 is 0.539 bits per heavy atom. The van der Waals surface area contributed by atoms with Crippen molar-refractivity contribution < 1.29 is 80.2 Å². The van der Waals surface area contributed by atoms with Crippen molar-refractivity contribution in [2.24, 2.45) is 23.7 Å². The third kappa shape index (κ3) is 62.0. The first-order chi connectivity index (χ1) is 42.7. The van der Waals surface area contributed by atoms with E-state index < -0.39 is 97.5 Å². The number of hydrogen-bond donors (Lipinski definition) is 3. The molecule has 0 aromatic carbocycles. The van der Waals surface area contributed by atoms with Gasteiger partial charge in [-0.25, -0.2) is 9.13 Å². The zero-order chi connectivity index (χ0) is 66.1. The Morgan fingerprint density at radius 3 is 0.798 bits per heavy atom. The molecule has 0 aliphatic rings. The van der Waals surface area contributed by atoms with E-state index in [0.29, 0.717) is 31.6 Å². The van der Waals surface area contributed by atoms with Gasteiger partial charge in [0, 0.05) is 25.7 Å². The predicted molar refractivity (Wildman–Crippen MR) is 358 cm³/mol. The second-order valence-electron chi connectivity index (χ2n) is 26.7. The molecule has 0 amide bonds. The lowest BCUT2D eigenvalue weighted by Crippen LogP contribution is -2.30. The van der Waals surface area contributed by atoms with Crippen LogP contribution in [0.15, 0.2) is 0 Å². The number of aliphatic hydroxyl groups is 1. The van der Waals surface area contributed by atoms with Crippen molar-refractivity contribution in [1.82, 2.24) is 0 Å². The van der Waals surface area contributed by atoms with Crippen LogP contribution in [0.25, 0.3) is 0 Å². The van der Waals surface area contributed by atoms with Crippen molar-refractivity contribution >= 4 is 39.5 Å². The van der Waals surface area contributed by atoms with Crippen molar-refractivity contribution in [3.8, 4) is 0 Å². The maximum absolute atomic E-state index is 13.0. The number of ether oxygens (including phenoxy) is 4. The smallest absolute Gasteiger partial charge is 0.462 e. The highest BCUT2D eigenvalue weighted by molar-refractivity contribution is 7.47. The Labute approximate surface area is 543 Å². The second-order valence-corrected chi connectivity index (χ2v) is 29.6. The molecular formula is C70H136O17P2. The molecule has 0 aromatic heterocycles. The number of rotatable bonds is 67. The van der Waals surface area contributed by atoms with Crippen LogP contribution in [-0.4, -0.2) is 96.7 Å². The van der Waals surface area contributed by atoms with Gasteiger partial charge in [0.1, 0.15) is 19.3 Å². The lowest BCUT2D eigenvalue weighted by molar-refractivity contribution is -0.161. The summed E-state index contributed by atoms with van der Waals surface area (Å²) in [5, 5.41) is 10.6. The first kappa shape index (κ1) is 87.1. The highest BCUT2D eigenvalue weighted by Gasteiger charge is 2.30. The Balaban J connectivity index is 5.21. The Bertz CT molecular complexity index is 1770. The van der Waals surface area contributed by atoms with Crippen LogP contribution < -0.4 is 0 Å². The highest BCUT2D eigenvalue weighted by atomic mass is 31.2. The molecule has 17 nitrogen and oxygen atoms in total. The van der Waals surface area contributed by atoms with E-state index in [9.17, 15) is 43.2 Å². The van der Waals surface area contributed by atoms with Gasteiger partial charge >= 0.3 is 39.5 Å². The molecular weight excluding hydrogens is 1170 g/mol. The normalized spacial score (nSPS) is 14.9. The summed E-state index contributed by atoms with van der Waals surface area (Å²) in [7, 11) is -9.90. The van der Waals surface area contributed by atoms with Gasteiger partial charge in [-0.15, -0.1) is 0 Å². The largest absolute Gasteiger partial charge is 0.472 e. The van der Waals surface area contributed by atoms with Gasteiger partial charge in [0.2, 0.25) is 0 Å². The van der Waals surface area contributed by atoms with Crippen molar-refractivity contribution in [2.45, 2.75) is 363 Å². The van der Waals surface area contributed by atoms with Crippen molar-refractivity contribution in [3.05, 3.63) is 0 Å². The number of phosphoric ester groups is 2. The van der Waals surface area contributed by atoms with E-state index in [1.54, 1.807) is 0 Å². The first-order valence-corrected chi connectivity index (χ1v) is 39.3. The molecule has 0 radical (unpaired) electrons. The van der Waals surface area contributed by atoms with Gasteiger partial charge in [0.15, 0.2) is 12.2 Å². The molecule has 5 unspecified atom stereocenters. The number of hydrogen-bond acceptors (Lipinski definition) is 15. The fraction of sp³-hybridized carbons (Fsp3) is 0.943. The Kier molecular flexibility index (Phi) is 58.5. The molecule has 0 saturated carbocycles. The minimum absolute atomic E-state index is 0.103. The Morgan fingerprint density at radius 1 is 0.315 bits per heavy atom. The number of carbonyl (C=O) groups is 4. The maximum Gasteiger partial charge on any atom is 0.472 e. The minimum atomic E-state index is -4.95. The van der Waals surface area contributed by atoms with Crippen LogP contribution >= 0.6 is 15.6 Å². The molecule has 0 saturated heterocycles. The van der Waals surface area contributed by atoms with Crippen molar-refractivity contribution in [3.63, 3.8) is 0 Å². The van der Waals surface area contributed by atoms with E-state index in [-0.39, 0.29) is 25.7 Å². The fourth-order valence-electron chi connectivity index (χ4n) is 10.4. The van der Waals surface area contributed by atoms with Gasteiger partial charge in [-0.2, -0.15) is 0 Å². The Hall–Kier alpha value is -1.94. The molecule has 0 heterocycles. The zero-order valence-electron chi connectivity index (χ0n) is 58.1. The van der Waals surface area contributed by atoms with Crippen LogP contribution in [0.1, 0.15) is 344 Å². The lowest BCUT2D eigenvalue weighted by atomic mass is 9.99. The topological polar surface area (TPSA) is 237 Å². The second kappa shape index (κ2) is 59.8. The maximum atomic E-state index is 13.0. The van der Waals surface area contributed by atoms with Gasteiger partial charge < -0.3 is 33.8 Å². The van der Waals surface area contributed by atoms with Crippen LogP contribution in [0.2, 0.25) is 0 Å². The summed E-state index contributed by atoms with van der Waals surface area (Å²) >= 11 is 0. The molecule has 0 rings (SSSR count). The van der Waals surface area contributed by atoms with Gasteiger partial charge in [-0.3, -0.25) is 37.3 Å². The summed E-state index contributed by atoms with van der Waals surface area (Å²) < 4.78 is 68.2. The monoisotopic (exact) mass is 1310 g/mol.